The summed E-state index contributed by atoms with van der Waals surface area (Å²) < 4.78 is 7.42. The summed E-state index contributed by atoms with van der Waals surface area (Å²) in [5, 5.41) is 3.05. The van der Waals surface area contributed by atoms with Crippen LogP contribution in [0.2, 0.25) is 0 Å². The predicted octanol–water partition coefficient (Wildman–Crippen LogP) is 2.96. The lowest BCUT2D eigenvalue weighted by atomic mass is 10.2. The number of carbonyl (C=O) groups is 2. The van der Waals surface area contributed by atoms with Crippen molar-refractivity contribution in [2.24, 2.45) is 0 Å². The standard InChI is InChI=1S/C20H23N3O3/c24-19(18-7-4-11-23(18)17-8-9-17)21-16-10-12-22(13-16)20(25)26-14-15-5-2-1-3-6-15/h1-7,11,16-17H,8-10,12-14H2,(H,21,24). The van der Waals surface area contributed by atoms with Crippen LogP contribution in [-0.2, 0) is 11.3 Å². The zero-order chi connectivity index (χ0) is 17.9. The van der Waals surface area contributed by atoms with Crippen molar-refractivity contribution in [1.82, 2.24) is 14.8 Å². The van der Waals surface area contributed by atoms with E-state index in [9.17, 15) is 9.59 Å². The highest BCUT2D eigenvalue weighted by atomic mass is 16.6. The molecule has 1 aromatic carbocycles. The average molecular weight is 353 g/mol. The van der Waals surface area contributed by atoms with Gasteiger partial charge in [-0.1, -0.05) is 30.3 Å². The van der Waals surface area contributed by atoms with Crippen molar-refractivity contribution in [2.75, 3.05) is 13.1 Å². The first-order valence-corrected chi connectivity index (χ1v) is 9.14. The molecule has 1 saturated heterocycles. The second-order valence-corrected chi connectivity index (χ2v) is 6.98. The van der Waals surface area contributed by atoms with Crippen LogP contribution in [0.1, 0.15) is 41.4 Å². The molecule has 136 valence electrons. The van der Waals surface area contributed by atoms with Crippen LogP contribution in [0.5, 0.6) is 0 Å². The van der Waals surface area contributed by atoms with Crippen LogP contribution in [-0.4, -0.2) is 40.6 Å². The van der Waals surface area contributed by atoms with Gasteiger partial charge in [0.05, 0.1) is 0 Å². The Morgan fingerprint density at radius 1 is 1.08 bits per heavy atom. The van der Waals surface area contributed by atoms with Gasteiger partial charge >= 0.3 is 6.09 Å². The summed E-state index contributed by atoms with van der Waals surface area (Å²) in [5.74, 6) is -0.0635. The predicted molar refractivity (Wildman–Crippen MR) is 96.8 cm³/mol. The van der Waals surface area contributed by atoms with Gasteiger partial charge in [-0.15, -0.1) is 0 Å². The molecule has 1 aromatic heterocycles. The molecular weight excluding hydrogens is 330 g/mol. The molecule has 1 aliphatic carbocycles. The maximum atomic E-state index is 12.5. The summed E-state index contributed by atoms with van der Waals surface area (Å²) in [7, 11) is 0. The van der Waals surface area contributed by atoms with Crippen molar-refractivity contribution in [3.05, 3.63) is 59.9 Å². The Bertz CT molecular complexity index is 783. The summed E-state index contributed by atoms with van der Waals surface area (Å²) >= 11 is 0. The van der Waals surface area contributed by atoms with E-state index in [1.54, 1.807) is 4.90 Å². The Kier molecular flexibility index (Phi) is 4.65. The van der Waals surface area contributed by atoms with Gasteiger partial charge in [-0.2, -0.15) is 0 Å². The topological polar surface area (TPSA) is 63.6 Å². The molecular formula is C20H23N3O3. The zero-order valence-electron chi connectivity index (χ0n) is 14.6. The van der Waals surface area contributed by atoms with Crippen molar-refractivity contribution in [2.45, 2.75) is 38.0 Å². The van der Waals surface area contributed by atoms with Crippen LogP contribution < -0.4 is 5.32 Å². The van der Waals surface area contributed by atoms with Crippen LogP contribution >= 0.6 is 0 Å². The Balaban J connectivity index is 1.27. The molecule has 1 saturated carbocycles. The molecule has 26 heavy (non-hydrogen) atoms. The highest BCUT2D eigenvalue weighted by molar-refractivity contribution is 5.93. The van der Waals surface area contributed by atoms with Gasteiger partial charge in [-0.05, 0) is 37.0 Å². The number of nitrogens with zero attached hydrogens (tertiary/aromatic N) is 2. The minimum atomic E-state index is -0.327. The number of hydrogen-bond acceptors (Lipinski definition) is 3. The number of likely N-dealkylation sites (tertiary alicyclic amines) is 1. The molecule has 2 aliphatic rings. The SMILES string of the molecule is O=C(NC1CCN(C(=O)OCc2ccccc2)C1)c1cccn1C1CC1. The van der Waals surface area contributed by atoms with Gasteiger partial charge in [0.25, 0.3) is 5.91 Å². The molecule has 2 aromatic rings. The normalized spacial score (nSPS) is 19.4. The number of nitrogens with one attached hydrogen (secondary N) is 1. The minimum Gasteiger partial charge on any atom is -0.445 e. The van der Waals surface area contributed by atoms with E-state index in [0.717, 1.165) is 24.8 Å². The van der Waals surface area contributed by atoms with Crippen LogP contribution in [0, 0.1) is 0 Å². The Morgan fingerprint density at radius 3 is 2.65 bits per heavy atom. The number of hydrogen-bond donors (Lipinski definition) is 1. The van der Waals surface area contributed by atoms with Crippen LogP contribution in [0.4, 0.5) is 4.79 Å². The molecule has 1 atom stereocenters. The van der Waals surface area contributed by atoms with Gasteiger partial charge < -0.3 is 19.5 Å². The van der Waals surface area contributed by atoms with Crippen molar-refractivity contribution in [3.8, 4) is 0 Å². The monoisotopic (exact) mass is 353 g/mol. The molecule has 6 heteroatoms. The lowest BCUT2D eigenvalue weighted by Gasteiger charge is -2.17. The van der Waals surface area contributed by atoms with Gasteiger partial charge in [0.1, 0.15) is 12.3 Å². The fourth-order valence-corrected chi connectivity index (χ4v) is 3.37. The number of ether oxygens (including phenoxy) is 1. The van der Waals surface area contributed by atoms with E-state index in [1.807, 2.05) is 48.7 Å². The quantitative estimate of drug-likeness (QED) is 0.899. The van der Waals surface area contributed by atoms with Gasteiger partial charge in [0, 0.05) is 31.4 Å². The van der Waals surface area contributed by atoms with E-state index in [2.05, 4.69) is 9.88 Å². The number of amides is 2. The van der Waals surface area contributed by atoms with Gasteiger partial charge in [-0.25, -0.2) is 4.79 Å². The number of aromatic nitrogens is 1. The van der Waals surface area contributed by atoms with E-state index >= 15 is 0 Å². The number of rotatable bonds is 5. The van der Waals surface area contributed by atoms with Crippen molar-refractivity contribution < 1.29 is 14.3 Å². The van der Waals surface area contributed by atoms with Crippen LogP contribution in [0.25, 0.3) is 0 Å². The van der Waals surface area contributed by atoms with E-state index in [1.165, 1.54) is 0 Å². The summed E-state index contributed by atoms with van der Waals surface area (Å²) in [6, 6.07) is 13.8. The Morgan fingerprint density at radius 2 is 1.88 bits per heavy atom. The third kappa shape index (κ3) is 3.74. The van der Waals surface area contributed by atoms with Crippen molar-refractivity contribution in [3.63, 3.8) is 0 Å². The lowest BCUT2D eigenvalue weighted by Crippen LogP contribution is -2.39. The van der Waals surface area contributed by atoms with E-state index < -0.39 is 0 Å². The number of carbonyl (C=O) groups excluding carboxylic acids is 2. The molecule has 6 nitrogen and oxygen atoms in total. The van der Waals surface area contributed by atoms with Gasteiger partial charge in [0.15, 0.2) is 0 Å². The molecule has 4 rings (SSSR count). The third-order valence-electron chi connectivity index (χ3n) is 4.94. The first-order valence-electron chi connectivity index (χ1n) is 9.14. The van der Waals surface area contributed by atoms with E-state index in [4.69, 9.17) is 4.74 Å². The zero-order valence-corrected chi connectivity index (χ0v) is 14.6. The molecule has 0 bridgehead atoms. The van der Waals surface area contributed by atoms with Crippen LogP contribution in [0.15, 0.2) is 48.7 Å². The van der Waals surface area contributed by atoms with E-state index in [0.29, 0.717) is 24.8 Å². The first kappa shape index (κ1) is 16.7. The van der Waals surface area contributed by atoms with E-state index in [-0.39, 0.29) is 24.6 Å². The summed E-state index contributed by atoms with van der Waals surface area (Å²) in [6.07, 6.45) is 4.66. The molecule has 2 heterocycles. The summed E-state index contributed by atoms with van der Waals surface area (Å²) in [4.78, 5) is 26.4. The molecule has 1 aliphatic heterocycles. The largest absolute Gasteiger partial charge is 0.445 e. The smallest absolute Gasteiger partial charge is 0.410 e. The molecule has 0 spiro atoms. The number of benzene rings is 1. The first-order chi connectivity index (χ1) is 12.7. The molecule has 1 N–H and O–H groups in total. The second-order valence-electron chi connectivity index (χ2n) is 6.98. The lowest BCUT2D eigenvalue weighted by molar-refractivity contribution is 0.0913. The summed E-state index contributed by atoms with van der Waals surface area (Å²) in [5.41, 5.74) is 1.67. The summed E-state index contributed by atoms with van der Waals surface area (Å²) in [6.45, 7) is 1.35. The molecule has 0 radical (unpaired) electrons. The fourth-order valence-electron chi connectivity index (χ4n) is 3.37. The third-order valence-corrected chi connectivity index (χ3v) is 4.94. The fraction of sp³-hybridized carbons (Fsp3) is 0.400. The molecule has 2 fully saturated rings. The van der Waals surface area contributed by atoms with Crippen molar-refractivity contribution in [1.29, 1.82) is 0 Å². The minimum absolute atomic E-state index is 0.0330. The van der Waals surface area contributed by atoms with Gasteiger partial charge in [0.2, 0.25) is 0 Å². The maximum absolute atomic E-state index is 12.5. The Labute approximate surface area is 152 Å². The average Bonchev–Trinajstić information content (AvgIpc) is 3.19. The highest BCUT2D eigenvalue weighted by Crippen LogP contribution is 2.36. The van der Waals surface area contributed by atoms with Crippen molar-refractivity contribution >= 4 is 12.0 Å². The molecule has 2 amide bonds. The van der Waals surface area contributed by atoms with Crippen LogP contribution in [0.3, 0.4) is 0 Å². The molecule has 1 unspecified atom stereocenters. The van der Waals surface area contributed by atoms with Gasteiger partial charge in [-0.3, -0.25) is 4.79 Å². The Hall–Kier alpha value is -2.76. The maximum Gasteiger partial charge on any atom is 0.410 e. The second kappa shape index (κ2) is 7.23. The highest BCUT2D eigenvalue weighted by Gasteiger charge is 2.31.